The quantitative estimate of drug-likeness (QED) is 0.816. The van der Waals surface area contributed by atoms with Gasteiger partial charge in [-0.2, -0.15) is 0 Å². The van der Waals surface area contributed by atoms with Crippen LogP contribution in [-0.2, 0) is 12.8 Å². The smallest absolute Gasteiger partial charge is 0.0388 e. The second kappa shape index (κ2) is 6.19. The summed E-state index contributed by atoms with van der Waals surface area (Å²) in [4.78, 5) is 3.24. The van der Waals surface area contributed by atoms with Gasteiger partial charge in [0.1, 0.15) is 0 Å². The molecule has 0 spiro atoms. The lowest BCUT2D eigenvalue weighted by Crippen LogP contribution is -2.40. The molecule has 1 saturated carbocycles. The van der Waals surface area contributed by atoms with E-state index in [0.717, 1.165) is 17.9 Å². The van der Waals surface area contributed by atoms with Gasteiger partial charge in [-0.25, -0.2) is 0 Å². The van der Waals surface area contributed by atoms with Gasteiger partial charge < -0.3 is 5.32 Å². The fraction of sp³-hybridized carbons (Fsp3) is 0.778. The molecule has 2 heteroatoms. The normalized spacial score (nSPS) is 31.9. The molecule has 1 aromatic rings. The van der Waals surface area contributed by atoms with Crippen molar-refractivity contribution in [3.05, 3.63) is 21.4 Å². The summed E-state index contributed by atoms with van der Waals surface area (Å²) in [6.07, 6.45) is 9.58. The van der Waals surface area contributed by atoms with Gasteiger partial charge in [0.05, 0.1) is 0 Å². The molecule has 0 radical (unpaired) electrons. The molecule has 20 heavy (non-hydrogen) atoms. The Kier molecular flexibility index (Phi) is 4.52. The average molecular weight is 292 g/mol. The highest BCUT2D eigenvalue weighted by molar-refractivity contribution is 7.12. The third-order valence-corrected chi connectivity index (χ3v) is 6.76. The fourth-order valence-corrected chi connectivity index (χ4v) is 5.31. The number of nitrogens with one attached hydrogen (secondary N) is 1. The Morgan fingerprint density at radius 1 is 1.20 bits per heavy atom. The summed E-state index contributed by atoms with van der Waals surface area (Å²) >= 11 is 2.07. The Morgan fingerprint density at radius 3 is 2.75 bits per heavy atom. The highest BCUT2D eigenvalue weighted by Crippen LogP contribution is 2.35. The van der Waals surface area contributed by atoms with Crippen LogP contribution in [0.3, 0.4) is 0 Å². The first-order chi connectivity index (χ1) is 9.63. The van der Waals surface area contributed by atoms with Crippen molar-refractivity contribution in [1.82, 2.24) is 5.32 Å². The molecule has 1 N–H and O–H groups in total. The molecule has 0 amide bonds. The van der Waals surface area contributed by atoms with E-state index in [1.165, 1.54) is 44.9 Å². The number of hydrogen-bond acceptors (Lipinski definition) is 2. The summed E-state index contributed by atoms with van der Waals surface area (Å²) in [6, 6.07) is 3.75. The van der Waals surface area contributed by atoms with E-state index in [-0.39, 0.29) is 0 Å². The van der Waals surface area contributed by atoms with E-state index in [0.29, 0.717) is 6.04 Å². The van der Waals surface area contributed by atoms with E-state index in [4.69, 9.17) is 0 Å². The predicted octanol–water partition coefficient (Wildman–Crippen LogP) is 5.10. The largest absolute Gasteiger partial charge is 0.306 e. The number of thiophene rings is 1. The summed E-state index contributed by atoms with van der Waals surface area (Å²) in [6.45, 7) is 7.20. The maximum absolute atomic E-state index is 3.92. The Labute approximate surface area is 128 Å². The molecule has 4 atom stereocenters. The van der Waals surface area contributed by atoms with Crippen molar-refractivity contribution in [2.75, 3.05) is 0 Å². The standard InChI is InChI=1S/C18H29NS/c1-12-8-9-16(13(2)10-12)19-14(3)18-11-15-6-4-5-7-17(15)20-18/h11-14,16,19H,4-10H2,1-3H3. The van der Waals surface area contributed by atoms with Crippen LogP contribution in [0.1, 0.15) is 74.2 Å². The highest BCUT2D eigenvalue weighted by atomic mass is 32.1. The maximum atomic E-state index is 3.92. The van der Waals surface area contributed by atoms with Gasteiger partial charge >= 0.3 is 0 Å². The second-order valence-electron chi connectivity index (χ2n) is 7.19. The summed E-state index contributed by atoms with van der Waals surface area (Å²) < 4.78 is 0. The Balaban J connectivity index is 1.64. The lowest BCUT2D eigenvalue weighted by atomic mass is 9.79. The van der Waals surface area contributed by atoms with Crippen LogP contribution in [0.2, 0.25) is 0 Å². The first-order valence-corrected chi connectivity index (χ1v) is 9.32. The molecule has 112 valence electrons. The van der Waals surface area contributed by atoms with Crippen LogP contribution in [-0.4, -0.2) is 6.04 Å². The first kappa shape index (κ1) is 14.6. The van der Waals surface area contributed by atoms with Crippen molar-refractivity contribution < 1.29 is 0 Å². The molecule has 1 nitrogen and oxygen atoms in total. The van der Waals surface area contributed by atoms with Crippen LogP contribution in [0.15, 0.2) is 6.07 Å². The summed E-state index contributed by atoms with van der Waals surface area (Å²) in [5, 5.41) is 3.92. The molecule has 0 bridgehead atoms. The molecule has 0 aliphatic heterocycles. The van der Waals surface area contributed by atoms with Crippen LogP contribution in [0.5, 0.6) is 0 Å². The van der Waals surface area contributed by atoms with E-state index in [1.807, 2.05) is 0 Å². The number of aryl methyl sites for hydroxylation is 2. The van der Waals surface area contributed by atoms with Gasteiger partial charge in [0.2, 0.25) is 0 Å². The van der Waals surface area contributed by atoms with Crippen molar-refractivity contribution in [2.45, 2.75) is 77.8 Å². The molecule has 2 aliphatic carbocycles. The van der Waals surface area contributed by atoms with Crippen molar-refractivity contribution in [2.24, 2.45) is 11.8 Å². The van der Waals surface area contributed by atoms with Gasteiger partial charge in [0.25, 0.3) is 0 Å². The van der Waals surface area contributed by atoms with Crippen molar-refractivity contribution in [3.8, 4) is 0 Å². The molecule has 2 aliphatic rings. The Hall–Kier alpha value is -0.340. The van der Waals surface area contributed by atoms with Crippen LogP contribution in [0.4, 0.5) is 0 Å². The van der Waals surface area contributed by atoms with Gasteiger partial charge in [0.15, 0.2) is 0 Å². The lowest BCUT2D eigenvalue weighted by molar-refractivity contribution is 0.217. The molecule has 4 unspecified atom stereocenters. The summed E-state index contributed by atoms with van der Waals surface area (Å²) in [7, 11) is 0. The third-order valence-electron chi connectivity index (χ3n) is 5.34. The zero-order valence-corrected chi connectivity index (χ0v) is 14.1. The first-order valence-electron chi connectivity index (χ1n) is 8.51. The predicted molar refractivity (Wildman–Crippen MR) is 88.5 cm³/mol. The van der Waals surface area contributed by atoms with Gasteiger partial charge in [-0.3, -0.25) is 0 Å². The maximum Gasteiger partial charge on any atom is 0.0388 e. The number of fused-ring (bicyclic) bond motifs is 1. The van der Waals surface area contributed by atoms with E-state index in [2.05, 4.69) is 43.5 Å². The minimum absolute atomic E-state index is 0.534. The molecule has 0 saturated heterocycles. The minimum atomic E-state index is 0.534. The number of rotatable bonds is 3. The molecule has 1 heterocycles. The Bertz CT molecular complexity index is 427. The molecule has 0 aromatic carbocycles. The minimum Gasteiger partial charge on any atom is -0.306 e. The van der Waals surface area contributed by atoms with Crippen LogP contribution >= 0.6 is 11.3 Å². The van der Waals surface area contributed by atoms with E-state index in [1.54, 1.807) is 15.3 Å². The van der Waals surface area contributed by atoms with Crippen LogP contribution in [0, 0.1) is 11.8 Å². The van der Waals surface area contributed by atoms with Gasteiger partial charge in [-0.05, 0) is 75.3 Å². The molecule has 1 fully saturated rings. The van der Waals surface area contributed by atoms with Gasteiger partial charge in [-0.1, -0.05) is 13.8 Å². The third kappa shape index (κ3) is 3.12. The molecule has 1 aromatic heterocycles. The van der Waals surface area contributed by atoms with E-state index in [9.17, 15) is 0 Å². The highest BCUT2D eigenvalue weighted by Gasteiger charge is 2.27. The monoisotopic (exact) mass is 291 g/mol. The lowest BCUT2D eigenvalue weighted by Gasteiger charge is -2.35. The summed E-state index contributed by atoms with van der Waals surface area (Å²) in [5.74, 6) is 1.75. The zero-order valence-electron chi connectivity index (χ0n) is 13.2. The van der Waals surface area contributed by atoms with Crippen LogP contribution < -0.4 is 5.32 Å². The number of hydrogen-bond donors (Lipinski definition) is 1. The fourth-order valence-electron chi connectivity index (χ4n) is 4.04. The second-order valence-corrected chi connectivity index (χ2v) is 8.36. The van der Waals surface area contributed by atoms with Gasteiger partial charge in [-0.15, -0.1) is 11.3 Å². The SMILES string of the molecule is CC1CCC(NC(C)c2cc3c(s2)CCCC3)C(C)C1. The Morgan fingerprint density at radius 2 is 2.00 bits per heavy atom. The average Bonchev–Trinajstić information content (AvgIpc) is 2.86. The van der Waals surface area contributed by atoms with E-state index >= 15 is 0 Å². The molecular weight excluding hydrogens is 262 g/mol. The topological polar surface area (TPSA) is 12.0 Å². The van der Waals surface area contributed by atoms with Crippen molar-refractivity contribution in [1.29, 1.82) is 0 Å². The summed E-state index contributed by atoms with van der Waals surface area (Å²) in [5.41, 5.74) is 1.65. The van der Waals surface area contributed by atoms with Crippen molar-refractivity contribution >= 4 is 11.3 Å². The molecular formula is C18H29NS. The van der Waals surface area contributed by atoms with E-state index < -0.39 is 0 Å². The zero-order chi connectivity index (χ0) is 14.1. The molecule has 3 rings (SSSR count). The van der Waals surface area contributed by atoms with Crippen LogP contribution in [0.25, 0.3) is 0 Å². The van der Waals surface area contributed by atoms with Gasteiger partial charge in [0, 0.05) is 21.8 Å². The van der Waals surface area contributed by atoms with Crippen molar-refractivity contribution in [3.63, 3.8) is 0 Å².